The van der Waals surface area contributed by atoms with Crippen LogP contribution in [0.15, 0.2) is 30.3 Å². The Labute approximate surface area is 150 Å². The molecule has 0 saturated carbocycles. The van der Waals surface area contributed by atoms with Gasteiger partial charge in [0.2, 0.25) is 0 Å². The Kier molecular flexibility index (Phi) is 5.09. The summed E-state index contributed by atoms with van der Waals surface area (Å²) in [7, 11) is 1.13. The second-order valence-corrected chi connectivity index (χ2v) is 7.06. The first-order chi connectivity index (χ1) is 11.6. The molecule has 2 N–H and O–H groups in total. The first kappa shape index (κ1) is 18.8. The molecule has 25 heavy (non-hydrogen) atoms. The number of esters is 1. The third kappa shape index (κ3) is 3.61. The van der Waals surface area contributed by atoms with Gasteiger partial charge in [-0.05, 0) is 35.7 Å². The Hall–Kier alpha value is -2.53. The number of hydrogen-bond acceptors (Lipinski definition) is 5. The molecule has 0 heterocycles. The maximum atomic E-state index is 12.8. The molecule has 0 bridgehead atoms. The highest BCUT2D eigenvalue weighted by Gasteiger charge is 2.31. The molecule has 0 aromatic heterocycles. The van der Waals surface area contributed by atoms with E-state index >= 15 is 0 Å². The number of phenolic OH excluding ortho intramolecular Hbond substituents is 2. The average Bonchev–Trinajstić information content (AvgIpc) is 2.53. The number of hydrogen-bond donors (Lipinski definition) is 2. The van der Waals surface area contributed by atoms with Crippen LogP contribution in [0.1, 0.15) is 52.6 Å². The summed E-state index contributed by atoms with van der Waals surface area (Å²) in [5.41, 5.74) is -0.447. The lowest BCUT2D eigenvalue weighted by Gasteiger charge is -2.23. The van der Waals surface area contributed by atoms with E-state index in [2.05, 4.69) is 4.74 Å². The van der Waals surface area contributed by atoms with Crippen LogP contribution in [0.3, 0.4) is 0 Å². The van der Waals surface area contributed by atoms with Crippen molar-refractivity contribution in [3.63, 3.8) is 0 Å². The summed E-state index contributed by atoms with van der Waals surface area (Å²) in [4.78, 5) is 24.8. The smallest absolute Gasteiger partial charge is 0.345 e. The minimum Gasteiger partial charge on any atom is -0.507 e. The lowest BCUT2D eigenvalue weighted by molar-refractivity contribution is 0.0593. The fourth-order valence-electron chi connectivity index (χ4n) is 2.46. The Morgan fingerprint density at radius 3 is 2.08 bits per heavy atom. The van der Waals surface area contributed by atoms with E-state index < -0.39 is 34.2 Å². The third-order valence-electron chi connectivity index (χ3n) is 3.82. The SMILES string of the molecule is COC(=O)c1c(O)c(C(=O)c2ccc(Cl)cc2)cc(C(C)(C)C)c1O. The molecule has 0 spiro atoms. The maximum absolute atomic E-state index is 12.8. The van der Waals surface area contributed by atoms with Crippen LogP contribution in [0, 0.1) is 0 Å². The van der Waals surface area contributed by atoms with Crippen LogP contribution in [-0.4, -0.2) is 29.1 Å². The van der Waals surface area contributed by atoms with Crippen molar-refractivity contribution >= 4 is 23.4 Å². The van der Waals surface area contributed by atoms with Crippen molar-refractivity contribution in [3.8, 4) is 11.5 Å². The fraction of sp³-hybridized carbons (Fsp3) is 0.263. The molecule has 0 aliphatic carbocycles. The summed E-state index contributed by atoms with van der Waals surface area (Å²) in [5, 5.41) is 21.3. The molecule has 5 nitrogen and oxygen atoms in total. The van der Waals surface area contributed by atoms with Crippen molar-refractivity contribution in [1.29, 1.82) is 0 Å². The lowest BCUT2D eigenvalue weighted by Crippen LogP contribution is -2.16. The zero-order chi connectivity index (χ0) is 18.9. The minimum absolute atomic E-state index is 0.0922. The molecule has 2 aromatic carbocycles. The summed E-state index contributed by atoms with van der Waals surface area (Å²) in [6, 6.07) is 7.54. The van der Waals surface area contributed by atoms with Gasteiger partial charge in [0.25, 0.3) is 0 Å². The van der Waals surface area contributed by atoms with E-state index in [1.165, 1.54) is 18.2 Å². The van der Waals surface area contributed by atoms with Crippen LogP contribution in [0.5, 0.6) is 11.5 Å². The van der Waals surface area contributed by atoms with Gasteiger partial charge in [-0.1, -0.05) is 32.4 Å². The van der Waals surface area contributed by atoms with E-state index in [1.807, 2.05) is 20.8 Å². The molecule has 0 amide bonds. The molecule has 0 aliphatic rings. The highest BCUT2D eigenvalue weighted by Crippen LogP contribution is 2.41. The molecule has 0 radical (unpaired) electrons. The number of rotatable bonds is 3. The number of aromatic hydroxyl groups is 2. The van der Waals surface area contributed by atoms with Crippen LogP contribution in [-0.2, 0) is 10.2 Å². The van der Waals surface area contributed by atoms with Crippen LogP contribution in [0.4, 0.5) is 0 Å². The first-order valence-electron chi connectivity index (χ1n) is 7.56. The van der Waals surface area contributed by atoms with Gasteiger partial charge in [0.1, 0.15) is 17.1 Å². The van der Waals surface area contributed by atoms with Gasteiger partial charge >= 0.3 is 5.97 Å². The largest absolute Gasteiger partial charge is 0.507 e. The number of ketones is 1. The summed E-state index contributed by atoms with van der Waals surface area (Å²) < 4.78 is 4.63. The van der Waals surface area contributed by atoms with Crippen molar-refractivity contribution < 1.29 is 24.5 Å². The second kappa shape index (κ2) is 6.76. The number of carbonyl (C=O) groups is 2. The number of carbonyl (C=O) groups excluding carboxylic acids is 2. The van der Waals surface area contributed by atoms with Crippen molar-refractivity contribution in [2.75, 3.05) is 7.11 Å². The third-order valence-corrected chi connectivity index (χ3v) is 4.07. The first-order valence-corrected chi connectivity index (χ1v) is 7.93. The van der Waals surface area contributed by atoms with Crippen LogP contribution in [0.2, 0.25) is 5.02 Å². The van der Waals surface area contributed by atoms with Crippen LogP contribution >= 0.6 is 11.6 Å². The van der Waals surface area contributed by atoms with Gasteiger partial charge in [-0.2, -0.15) is 0 Å². The summed E-state index contributed by atoms with van der Waals surface area (Å²) >= 11 is 5.83. The van der Waals surface area contributed by atoms with E-state index in [0.717, 1.165) is 7.11 Å². The van der Waals surface area contributed by atoms with E-state index in [1.54, 1.807) is 12.1 Å². The van der Waals surface area contributed by atoms with Crippen LogP contribution in [0.25, 0.3) is 0 Å². The van der Waals surface area contributed by atoms with Gasteiger partial charge in [0.05, 0.1) is 12.7 Å². The van der Waals surface area contributed by atoms with E-state index in [-0.39, 0.29) is 5.56 Å². The summed E-state index contributed by atoms with van der Waals surface area (Å²) in [5.74, 6) is -2.43. The monoisotopic (exact) mass is 362 g/mol. The Bertz CT molecular complexity index is 832. The number of halogens is 1. The highest BCUT2D eigenvalue weighted by molar-refractivity contribution is 6.30. The number of phenols is 2. The van der Waals surface area contributed by atoms with Gasteiger partial charge in [-0.25, -0.2) is 4.79 Å². The number of benzene rings is 2. The van der Waals surface area contributed by atoms with E-state index in [4.69, 9.17) is 11.6 Å². The van der Waals surface area contributed by atoms with Gasteiger partial charge in [-0.3, -0.25) is 4.79 Å². The van der Waals surface area contributed by atoms with Crippen LogP contribution < -0.4 is 0 Å². The minimum atomic E-state index is -0.925. The Morgan fingerprint density at radius 2 is 1.60 bits per heavy atom. The molecule has 0 atom stereocenters. The fourth-order valence-corrected chi connectivity index (χ4v) is 2.59. The molecule has 6 heteroatoms. The summed E-state index contributed by atoms with van der Waals surface area (Å²) in [6.07, 6.45) is 0. The zero-order valence-corrected chi connectivity index (χ0v) is 15.1. The topological polar surface area (TPSA) is 83.8 Å². The van der Waals surface area contributed by atoms with Crippen molar-refractivity contribution in [2.24, 2.45) is 0 Å². The Morgan fingerprint density at radius 1 is 1.04 bits per heavy atom. The predicted molar refractivity (Wildman–Crippen MR) is 94.7 cm³/mol. The summed E-state index contributed by atoms with van der Waals surface area (Å²) in [6.45, 7) is 5.45. The highest BCUT2D eigenvalue weighted by atomic mass is 35.5. The van der Waals surface area contributed by atoms with E-state index in [9.17, 15) is 19.8 Å². The van der Waals surface area contributed by atoms with Crippen molar-refractivity contribution in [1.82, 2.24) is 0 Å². The predicted octanol–water partition coefficient (Wildman–Crippen LogP) is 4.07. The number of methoxy groups -OCH3 is 1. The standard InChI is InChI=1S/C19H19ClO5/c1-19(2,3)13-9-12(15(21)10-5-7-11(20)8-6-10)16(22)14(17(13)23)18(24)25-4/h5-9,22-23H,1-4H3. The van der Waals surface area contributed by atoms with Gasteiger partial charge in [0.15, 0.2) is 5.78 Å². The normalized spacial score (nSPS) is 11.2. The zero-order valence-electron chi connectivity index (χ0n) is 14.4. The average molecular weight is 363 g/mol. The molecular formula is C19H19ClO5. The van der Waals surface area contributed by atoms with Gasteiger partial charge in [-0.15, -0.1) is 0 Å². The molecule has 0 saturated heterocycles. The van der Waals surface area contributed by atoms with Crippen molar-refractivity contribution in [3.05, 3.63) is 57.6 Å². The van der Waals surface area contributed by atoms with Gasteiger partial charge in [0, 0.05) is 16.1 Å². The molecule has 0 unspecified atom stereocenters. The Balaban J connectivity index is 2.75. The second-order valence-electron chi connectivity index (χ2n) is 6.62. The molecular weight excluding hydrogens is 344 g/mol. The van der Waals surface area contributed by atoms with Gasteiger partial charge < -0.3 is 14.9 Å². The number of ether oxygens (including phenoxy) is 1. The molecule has 0 aliphatic heterocycles. The molecule has 2 aromatic rings. The lowest BCUT2D eigenvalue weighted by atomic mass is 9.82. The molecule has 0 fully saturated rings. The van der Waals surface area contributed by atoms with E-state index in [0.29, 0.717) is 16.1 Å². The molecule has 132 valence electrons. The molecule has 2 rings (SSSR count). The van der Waals surface area contributed by atoms with Crippen molar-refractivity contribution in [2.45, 2.75) is 26.2 Å². The quantitative estimate of drug-likeness (QED) is 0.635. The maximum Gasteiger partial charge on any atom is 0.345 e.